The van der Waals surface area contributed by atoms with Gasteiger partial charge in [-0.15, -0.1) is 0 Å². The Labute approximate surface area is 130 Å². The first-order valence-corrected chi connectivity index (χ1v) is 7.87. The van der Waals surface area contributed by atoms with E-state index in [-0.39, 0.29) is 0 Å². The van der Waals surface area contributed by atoms with E-state index in [0.29, 0.717) is 17.1 Å². The van der Waals surface area contributed by atoms with E-state index < -0.39 is 0 Å². The smallest absolute Gasteiger partial charge is 0.104 e. The van der Waals surface area contributed by atoms with Gasteiger partial charge < -0.3 is 10.5 Å². The molecule has 1 aliphatic heterocycles. The number of hydrogen-bond acceptors (Lipinski definition) is 3. The van der Waals surface area contributed by atoms with Crippen molar-refractivity contribution in [3.8, 4) is 0 Å². The molecule has 1 aromatic rings. The summed E-state index contributed by atoms with van der Waals surface area (Å²) >= 11 is 11.3. The largest absolute Gasteiger partial charge is 0.389 e. The Bertz CT molecular complexity index is 523. The van der Waals surface area contributed by atoms with Gasteiger partial charge in [-0.25, -0.2) is 0 Å². The van der Waals surface area contributed by atoms with Gasteiger partial charge in [0.25, 0.3) is 0 Å². The van der Waals surface area contributed by atoms with Crippen LogP contribution in [0.3, 0.4) is 0 Å². The first-order chi connectivity index (χ1) is 9.65. The second-order valence-electron chi connectivity index (χ2n) is 5.55. The number of nitrogens with zero attached hydrogens (tertiary/aromatic N) is 1. The van der Waals surface area contributed by atoms with Gasteiger partial charge in [-0.05, 0) is 30.9 Å². The first kappa shape index (κ1) is 14.3. The van der Waals surface area contributed by atoms with Crippen LogP contribution in [0.15, 0.2) is 18.2 Å². The highest BCUT2D eigenvalue weighted by Crippen LogP contribution is 2.31. The number of nitrogens with two attached hydrogens (primary N) is 1. The van der Waals surface area contributed by atoms with Gasteiger partial charge in [0, 0.05) is 29.7 Å². The van der Waals surface area contributed by atoms with Crippen molar-refractivity contribution in [3.05, 3.63) is 34.3 Å². The van der Waals surface area contributed by atoms with Crippen LogP contribution in [-0.2, 0) is 11.3 Å². The Kier molecular flexibility index (Phi) is 4.26. The van der Waals surface area contributed by atoms with Gasteiger partial charge in [-0.3, -0.25) is 4.90 Å². The lowest BCUT2D eigenvalue weighted by Gasteiger charge is -2.37. The van der Waals surface area contributed by atoms with Crippen molar-refractivity contribution >= 4 is 28.8 Å². The maximum absolute atomic E-state index is 6.36. The number of halogens is 1. The molecular formula is C15H19ClN2OS. The molecule has 1 aliphatic carbocycles. The normalized spacial score (nSPS) is 26.4. The Balaban J connectivity index is 1.75. The molecule has 2 atom stereocenters. The van der Waals surface area contributed by atoms with Crippen LogP contribution < -0.4 is 5.73 Å². The predicted molar refractivity (Wildman–Crippen MR) is 85.1 cm³/mol. The van der Waals surface area contributed by atoms with Gasteiger partial charge in [-0.1, -0.05) is 36.0 Å². The maximum atomic E-state index is 6.36. The molecule has 0 amide bonds. The standard InChI is InChI=1S/C15H19ClN2OS/c16-12-8-10(15(17)20)4-5-11(12)9-18-6-7-19-14-3-1-2-13(14)18/h4-5,8,13-14H,1-3,6-7,9H2,(H2,17,20). The second kappa shape index (κ2) is 5.98. The van der Waals surface area contributed by atoms with E-state index in [1.807, 2.05) is 18.2 Å². The third-order valence-corrected chi connectivity index (χ3v) is 4.90. The third-order valence-electron chi connectivity index (χ3n) is 4.31. The van der Waals surface area contributed by atoms with Crippen molar-refractivity contribution in [1.82, 2.24) is 4.90 Å². The molecule has 20 heavy (non-hydrogen) atoms. The monoisotopic (exact) mass is 310 g/mol. The lowest BCUT2D eigenvalue weighted by Crippen LogP contribution is -2.47. The van der Waals surface area contributed by atoms with Crippen LogP contribution in [0.5, 0.6) is 0 Å². The van der Waals surface area contributed by atoms with Gasteiger partial charge in [0.1, 0.15) is 4.99 Å². The van der Waals surface area contributed by atoms with Gasteiger partial charge >= 0.3 is 0 Å². The van der Waals surface area contributed by atoms with E-state index in [4.69, 9.17) is 34.3 Å². The molecule has 2 fully saturated rings. The molecule has 108 valence electrons. The number of ether oxygens (including phenoxy) is 1. The fourth-order valence-corrected chi connectivity index (χ4v) is 3.62. The first-order valence-electron chi connectivity index (χ1n) is 7.09. The Morgan fingerprint density at radius 3 is 3.05 bits per heavy atom. The molecule has 1 saturated carbocycles. The minimum Gasteiger partial charge on any atom is -0.389 e. The van der Waals surface area contributed by atoms with Gasteiger partial charge in [0.2, 0.25) is 0 Å². The molecule has 3 rings (SSSR count). The highest BCUT2D eigenvalue weighted by atomic mass is 35.5. The number of hydrogen-bond donors (Lipinski definition) is 1. The molecule has 2 aliphatic rings. The highest BCUT2D eigenvalue weighted by molar-refractivity contribution is 7.80. The van der Waals surface area contributed by atoms with E-state index in [9.17, 15) is 0 Å². The fourth-order valence-electron chi connectivity index (χ4n) is 3.25. The maximum Gasteiger partial charge on any atom is 0.104 e. The predicted octanol–water partition coefficient (Wildman–Crippen LogP) is 2.73. The zero-order valence-corrected chi connectivity index (χ0v) is 12.9. The van der Waals surface area contributed by atoms with Crippen LogP contribution in [0.1, 0.15) is 30.4 Å². The summed E-state index contributed by atoms with van der Waals surface area (Å²) in [6.07, 6.45) is 4.10. The number of thiocarbonyl (C=S) groups is 1. The molecule has 2 unspecified atom stereocenters. The van der Waals surface area contributed by atoms with Crippen LogP contribution in [-0.4, -0.2) is 35.2 Å². The van der Waals surface area contributed by atoms with Crippen molar-refractivity contribution in [1.29, 1.82) is 0 Å². The van der Waals surface area contributed by atoms with Crippen molar-refractivity contribution in [2.45, 2.75) is 38.0 Å². The minimum absolute atomic E-state index is 0.390. The Hall–Kier alpha value is -0.680. The SMILES string of the molecule is NC(=S)c1ccc(CN2CCOC3CCCC32)c(Cl)c1. The zero-order valence-electron chi connectivity index (χ0n) is 11.3. The van der Waals surface area contributed by atoms with Crippen LogP contribution in [0.25, 0.3) is 0 Å². The fraction of sp³-hybridized carbons (Fsp3) is 0.533. The molecule has 0 bridgehead atoms. The van der Waals surface area contributed by atoms with Crippen LogP contribution in [0.4, 0.5) is 0 Å². The molecule has 0 spiro atoms. The second-order valence-corrected chi connectivity index (χ2v) is 6.40. The average molecular weight is 311 g/mol. The molecule has 0 aromatic heterocycles. The molecule has 0 radical (unpaired) electrons. The third kappa shape index (κ3) is 2.84. The van der Waals surface area contributed by atoms with Gasteiger partial charge in [0.05, 0.1) is 12.7 Å². The summed E-state index contributed by atoms with van der Waals surface area (Å²) in [5.74, 6) is 0. The van der Waals surface area contributed by atoms with E-state index in [1.54, 1.807) is 0 Å². The van der Waals surface area contributed by atoms with E-state index >= 15 is 0 Å². The average Bonchev–Trinajstić information content (AvgIpc) is 2.90. The summed E-state index contributed by atoms with van der Waals surface area (Å²) in [5, 5.41) is 0.747. The van der Waals surface area contributed by atoms with E-state index in [0.717, 1.165) is 35.8 Å². The van der Waals surface area contributed by atoms with E-state index in [2.05, 4.69) is 4.90 Å². The van der Waals surface area contributed by atoms with Crippen molar-refractivity contribution in [2.24, 2.45) is 5.73 Å². The lowest BCUT2D eigenvalue weighted by atomic mass is 10.1. The number of morpholine rings is 1. The summed E-state index contributed by atoms with van der Waals surface area (Å²) in [7, 11) is 0. The quantitative estimate of drug-likeness (QED) is 0.871. The Morgan fingerprint density at radius 2 is 2.30 bits per heavy atom. The topological polar surface area (TPSA) is 38.5 Å². The van der Waals surface area contributed by atoms with E-state index in [1.165, 1.54) is 19.3 Å². The molecule has 5 heteroatoms. The zero-order chi connectivity index (χ0) is 14.1. The van der Waals surface area contributed by atoms with Gasteiger partial charge in [0.15, 0.2) is 0 Å². The number of rotatable bonds is 3. The molecule has 1 aromatic carbocycles. The summed E-state index contributed by atoms with van der Waals surface area (Å²) in [6.45, 7) is 2.68. The molecular weight excluding hydrogens is 292 g/mol. The van der Waals surface area contributed by atoms with Crippen LogP contribution in [0.2, 0.25) is 5.02 Å². The van der Waals surface area contributed by atoms with Crippen LogP contribution >= 0.6 is 23.8 Å². The number of fused-ring (bicyclic) bond motifs is 1. The van der Waals surface area contributed by atoms with Crippen molar-refractivity contribution in [2.75, 3.05) is 13.2 Å². The van der Waals surface area contributed by atoms with Gasteiger partial charge in [-0.2, -0.15) is 0 Å². The Morgan fingerprint density at radius 1 is 1.45 bits per heavy atom. The molecule has 2 N–H and O–H groups in total. The summed E-state index contributed by atoms with van der Waals surface area (Å²) in [5.41, 5.74) is 7.60. The van der Waals surface area contributed by atoms with Crippen molar-refractivity contribution < 1.29 is 4.74 Å². The summed E-state index contributed by atoms with van der Waals surface area (Å²) in [4.78, 5) is 2.89. The molecule has 1 heterocycles. The van der Waals surface area contributed by atoms with Crippen molar-refractivity contribution in [3.63, 3.8) is 0 Å². The number of benzene rings is 1. The molecule has 3 nitrogen and oxygen atoms in total. The molecule has 1 saturated heterocycles. The lowest BCUT2D eigenvalue weighted by molar-refractivity contribution is -0.0588. The summed E-state index contributed by atoms with van der Waals surface area (Å²) < 4.78 is 5.84. The minimum atomic E-state index is 0.390. The highest BCUT2D eigenvalue weighted by Gasteiger charge is 2.35. The summed E-state index contributed by atoms with van der Waals surface area (Å²) in [6, 6.07) is 6.41. The van der Waals surface area contributed by atoms with Crippen LogP contribution in [0, 0.1) is 0 Å².